The number of carbonyl (C=O) groups excluding carboxylic acids is 1. The molecular formula is C13H17ClN2O3. The van der Waals surface area contributed by atoms with E-state index in [1.165, 1.54) is 0 Å². The predicted octanol–water partition coefficient (Wildman–Crippen LogP) is 2.31. The van der Waals surface area contributed by atoms with E-state index in [4.69, 9.17) is 16.7 Å². The van der Waals surface area contributed by atoms with Gasteiger partial charge in [0.05, 0.1) is 0 Å². The smallest absolute Gasteiger partial charge is 0.315 e. The van der Waals surface area contributed by atoms with Crippen molar-refractivity contribution in [3.63, 3.8) is 0 Å². The van der Waals surface area contributed by atoms with Gasteiger partial charge in [-0.1, -0.05) is 23.7 Å². The van der Waals surface area contributed by atoms with E-state index in [1.54, 1.807) is 6.07 Å². The lowest BCUT2D eigenvalue weighted by Crippen LogP contribution is -2.35. The summed E-state index contributed by atoms with van der Waals surface area (Å²) in [7, 11) is 0. The molecule has 3 N–H and O–H groups in total. The molecule has 0 spiro atoms. The van der Waals surface area contributed by atoms with Gasteiger partial charge in [0.15, 0.2) is 0 Å². The monoisotopic (exact) mass is 284 g/mol. The average Bonchev–Trinajstić information content (AvgIpc) is 2.36. The van der Waals surface area contributed by atoms with Gasteiger partial charge in [0.1, 0.15) is 0 Å². The van der Waals surface area contributed by atoms with Crippen LogP contribution in [0.25, 0.3) is 0 Å². The van der Waals surface area contributed by atoms with Crippen LogP contribution in [-0.4, -0.2) is 23.7 Å². The molecule has 0 unspecified atom stereocenters. The number of amides is 2. The van der Waals surface area contributed by atoms with Gasteiger partial charge in [-0.05, 0) is 30.5 Å². The van der Waals surface area contributed by atoms with Crippen LogP contribution in [0.15, 0.2) is 18.2 Å². The minimum absolute atomic E-state index is 0.0522. The van der Waals surface area contributed by atoms with Crippen LogP contribution in [0, 0.1) is 6.92 Å². The van der Waals surface area contributed by atoms with Crippen LogP contribution < -0.4 is 10.6 Å². The molecule has 0 aliphatic heterocycles. The Morgan fingerprint density at radius 2 is 2.05 bits per heavy atom. The number of aryl methyl sites for hydroxylation is 1. The number of urea groups is 1. The molecule has 0 heterocycles. The normalized spacial score (nSPS) is 10.0. The minimum Gasteiger partial charge on any atom is -0.481 e. The summed E-state index contributed by atoms with van der Waals surface area (Å²) in [6.45, 7) is 2.65. The predicted molar refractivity (Wildman–Crippen MR) is 73.3 cm³/mol. The fourth-order valence-electron chi connectivity index (χ4n) is 1.50. The van der Waals surface area contributed by atoms with Gasteiger partial charge < -0.3 is 15.7 Å². The number of carboxylic acid groups (broad SMARTS) is 1. The van der Waals surface area contributed by atoms with E-state index >= 15 is 0 Å². The molecule has 0 bridgehead atoms. The van der Waals surface area contributed by atoms with Crippen LogP contribution in [0.3, 0.4) is 0 Å². The summed E-state index contributed by atoms with van der Waals surface area (Å²) in [4.78, 5) is 21.7. The molecule has 2 amide bonds. The summed E-state index contributed by atoms with van der Waals surface area (Å²) in [5.41, 5.74) is 1.92. The first-order valence-electron chi connectivity index (χ1n) is 5.97. The van der Waals surface area contributed by atoms with Crippen molar-refractivity contribution in [1.29, 1.82) is 0 Å². The zero-order valence-corrected chi connectivity index (χ0v) is 11.5. The molecule has 0 saturated carbocycles. The van der Waals surface area contributed by atoms with Gasteiger partial charge in [0.25, 0.3) is 0 Å². The molecule has 5 nitrogen and oxygen atoms in total. The fourth-order valence-corrected chi connectivity index (χ4v) is 1.62. The van der Waals surface area contributed by atoms with Crippen LogP contribution in [-0.2, 0) is 11.3 Å². The first kappa shape index (κ1) is 15.3. The van der Waals surface area contributed by atoms with Crippen molar-refractivity contribution in [3.05, 3.63) is 34.3 Å². The third kappa shape index (κ3) is 6.10. The molecule has 0 aliphatic carbocycles. The Hall–Kier alpha value is -1.75. The molecule has 1 aromatic rings. The molecular weight excluding hydrogens is 268 g/mol. The van der Waals surface area contributed by atoms with Crippen LogP contribution in [0.5, 0.6) is 0 Å². The van der Waals surface area contributed by atoms with Gasteiger partial charge in [0, 0.05) is 24.5 Å². The molecule has 1 aromatic carbocycles. The Morgan fingerprint density at radius 1 is 1.32 bits per heavy atom. The van der Waals surface area contributed by atoms with Crippen LogP contribution in [0.2, 0.25) is 5.02 Å². The van der Waals surface area contributed by atoms with Gasteiger partial charge in [-0.3, -0.25) is 4.79 Å². The van der Waals surface area contributed by atoms with Crippen molar-refractivity contribution in [2.24, 2.45) is 0 Å². The number of nitrogens with one attached hydrogen (secondary N) is 2. The second-order valence-corrected chi connectivity index (χ2v) is 4.60. The highest BCUT2D eigenvalue weighted by molar-refractivity contribution is 6.31. The molecule has 0 fully saturated rings. The first-order valence-corrected chi connectivity index (χ1v) is 6.35. The molecule has 0 saturated heterocycles. The number of hydrogen-bond acceptors (Lipinski definition) is 2. The molecule has 19 heavy (non-hydrogen) atoms. The third-order valence-electron chi connectivity index (χ3n) is 2.53. The zero-order valence-electron chi connectivity index (χ0n) is 10.7. The van der Waals surface area contributed by atoms with Crippen molar-refractivity contribution < 1.29 is 14.7 Å². The molecule has 0 aromatic heterocycles. The number of halogens is 1. The summed E-state index contributed by atoms with van der Waals surface area (Å²) >= 11 is 5.91. The maximum Gasteiger partial charge on any atom is 0.315 e. The summed E-state index contributed by atoms with van der Waals surface area (Å²) in [5.74, 6) is -0.862. The van der Waals surface area contributed by atoms with E-state index in [0.29, 0.717) is 24.5 Å². The van der Waals surface area contributed by atoms with Gasteiger partial charge in [-0.15, -0.1) is 0 Å². The van der Waals surface area contributed by atoms with Gasteiger partial charge in [0.2, 0.25) is 0 Å². The maximum absolute atomic E-state index is 11.4. The Bertz CT molecular complexity index is 463. The lowest BCUT2D eigenvalue weighted by Gasteiger charge is -2.08. The number of hydrogen-bond donors (Lipinski definition) is 3. The number of carboxylic acids is 1. The van der Waals surface area contributed by atoms with E-state index in [-0.39, 0.29) is 12.5 Å². The van der Waals surface area contributed by atoms with E-state index in [2.05, 4.69) is 10.6 Å². The molecule has 104 valence electrons. The van der Waals surface area contributed by atoms with Crippen LogP contribution in [0.1, 0.15) is 24.0 Å². The largest absolute Gasteiger partial charge is 0.481 e. The van der Waals surface area contributed by atoms with Gasteiger partial charge in [-0.2, -0.15) is 0 Å². The van der Waals surface area contributed by atoms with Gasteiger partial charge >= 0.3 is 12.0 Å². The SMILES string of the molecule is Cc1cc(CNC(=O)NCCCC(=O)O)ccc1Cl. The van der Waals surface area contributed by atoms with Crippen LogP contribution in [0.4, 0.5) is 4.79 Å². The number of rotatable bonds is 6. The fraction of sp³-hybridized carbons (Fsp3) is 0.385. The summed E-state index contributed by atoms with van der Waals surface area (Å²) in [5, 5.41) is 14.4. The van der Waals surface area contributed by atoms with E-state index < -0.39 is 5.97 Å². The maximum atomic E-state index is 11.4. The van der Waals surface area contributed by atoms with Crippen molar-refractivity contribution in [2.75, 3.05) is 6.54 Å². The lowest BCUT2D eigenvalue weighted by molar-refractivity contribution is -0.137. The lowest BCUT2D eigenvalue weighted by atomic mass is 10.1. The summed E-state index contributed by atoms with van der Waals surface area (Å²) in [6, 6.07) is 5.24. The van der Waals surface area contributed by atoms with Crippen LogP contribution >= 0.6 is 11.6 Å². The van der Waals surface area contributed by atoms with Crippen molar-refractivity contribution in [3.8, 4) is 0 Å². The quantitative estimate of drug-likeness (QED) is 0.702. The second-order valence-electron chi connectivity index (χ2n) is 4.19. The van der Waals surface area contributed by atoms with Crippen molar-refractivity contribution in [1.82, 2.24) is 10.6 Å². The minimum atomic E-state index is -0.862. The second kappa shape index (κ2) is 7.63. The first-order chi connectivity index (χ1) is 8.99. The number of aliphatic carboxylic acids is 1. The highest BCUT2D eigenvalue weighted by atomic mass is 35.5. The number of carbonyl (C=O) groups is 2. The molecule has 6 heteroatoms. The standard InChI is InChI=1S/C13H17ClN2O3/c1-9-7-10(4-5-11(9)14)8-16-13(19)15-6-2-3-12(17)18/h4-5,7H,2-3,6,8H2,1H3,(H,17,18)(H2,15,16,19). The Morgan fingerprint density at radius 3 is 2.68 bits per heavy atom. The Kier molecular flexibility index (Phi) is 6.15. The van der Waals surface area contributed by atoms with Crippen molar-refractivity contribution >= 4 is 23.6 Å². The Labute approximate surface area is 117 Å². The molecule has 0 radical (unpaired) electrons. The highest BCUT2D eigenvalue weighted by Gasteiger charge is 2.02. The molecule has 0 aliphatic rings. The van der Waals surface area contributed by atoms with E-state index in [9.17, 15) is 9.59 Å². The number of benzene rings is 1. The Balaban J connectivity index is 2.26. The molecule has 0 atom stereocenters. The highest BCUT2D eigenvalue weighted by Crippen LogP contribution is 2.15. The zero-order chi connectivity index (χ0) is 14.3. The summed E-state index contributed by atoms with van der Waals surface area (Å²) < 4.78 is 0. The average molecular weight is 285 g/mol. The molecule has 1 rings (SSSR count). The topological polar surface area (TPSA) is 78.4 Å². The van der Waals surface area contributed by atoms with E-state index in [1.807, 2.05) is 19.1 Å². The van der Waals surface area contributed by atoms with Gasteiger partial charge in [-0.25, -0.2) is 4.79 Å². The summed E-state index contributed by atoms with van der Waals surface area (Å²) in [6.07, 6.45) is 0.472. The van der Waals surface area contributed by atoms with E-state index in [0.717, 1.165) is 11.1 Å². The van der Waals surface area contributed by atoms with Crippen molar-refractivity contribution in [2.45, 2.75) is 26.3 Å². The third-order valence-corrected chi connectivity index (χ3v) is 2.95.